The molecular formula is C13H19NO. The largest absolute Gasteiger partial charge is 0.508 e. The number of aromatic hydroxyl groups is 1. The lowest BCUT2D eigenvalue weighted by atomic mass is 10.0. The predicted molar refractivity (Wildman–Crippen MR) is 62.0 cm³/mol. The maximum absolute atomic E-state index is 9.71. The van der Waals surface area contributed by atoms with Gasteiger partial charge in [0, 0.05) is 5.54 Å². The number of benzene rings is 1. The smallest absolute Gasteiger partial charge is 0.118 e. The fourth-order valence-electron chi connectivity index (χ4n) is 1.85. The van der Waals surface area contributed by atoms with Crippen molar-refractivity contribution in [2.24, 2.45) is 5.73 Å². The number of phenols is 1. The highest BCUT2D eigenvalue weighted by Gasteiger charge is 2.37. The average molecular weight is 205 g/mol. The summed E-state index contributed by atoms with van der Waals surface area (Å²) < 4.78 is 0. The Labute approximate surface area is 91.1 Å². The molecule has 0 unspecified atom stereocenters. The van der Waals surface area contributed by atoms with Crippen LogP contribution in [0.2, 0.25) is 0 Å². The summed E-state index contributed by atoms with van der Waals surface area (Å²) in [5.74, 6) is 0.413. The van der Waals surface area contributed by atoms with Crippen LogP contribution in [0.3, 0.4) is 0 Å². The van der Waals surface area contributed by atoms with Gasteiger partial charge in [0.05, 0.1) is 0 Å². The van der Waals surface area contributed by atoms with Gasteiger partial charge in [-0.15, -0.1) is 0 Å². The Kier molecular flexibility index (Phi) is 2.70. The van der Waals surface area contributed by atoms with Crippen LogP contribution in [0.4, 0.5) is 0 Å². The van der Waals surface area contributed by atoms with Gasteiger partial charge in [-0.3, -0.25) is 0 Å². The monoisotopic (exact) mass is 205 g/mol. The highest BCUT2D eigenvalue weighted by molar-refractivity contribution is 5.36. The molecule has 2 rings (SSSR count). The van der Waals surface area contributed by atoms with Crippen LogP contribution in [0, 0.1) is 0 Å². The predicted octanol–water partition coefficient (Wildman–Crippen LogP) is 2.38. The molecule has 0 heterocycles. The Balaban J connectivity index is 2.05. The van der Waals surface area contributed by atoms with E-state index in [0.29, 0.717) is 5.75 Å². The number of phenolic OH excluding ortho intramolecular Hbond substituents is 1. The molecular weight excluding hydrogens is 186 g/mol. The van der Waals surface area contributed by atoms with E-state index >= 15 is 0 Å². The van der Waals surface area contributed by atoms with Crippen molar-refractivity contribution in [1.29, 1.82) is 0 Å². The lowest BCUT2D eigenvalue weighted by molar-refractivity contribution is 0.464. The first kappa shape index (κ1) is 10.5. The zero-order valence-electron chi connectivity index (χ0n) is 9.29. The molecule has 0 atom stereocenters. The van der Waals surface area contributed by atoms with Crippen LogP contribution in [0.1, 0.15) is 37.3 Å². The van der Waals surface area contributed by atoms with Crippen molar-refractivity contribution in [2.75, 3.05) is 0 Å². The zero-order chi connectivity index (χ0) is 10.9. The fraction of sp³-hybridized carbons (Fsp3) is 0.538. The van der Waals surface area contributed by atoms with Gasteiger partial charge in [-0.2, -0.15) is 0 Å². The van der Waals surface area contributed by atoms with Gasteiger partial charge >= 0.3 is 0 Å². The molecule has 0 radical (unpaired) electrons. The first-order valence-corrected chi connectivity index (χ1v) is 5.73. The summed E-state index contributed by atoms with van der Waals surface area (Å²) in [5, 5.41) is 9.71. The van der Waals surface area contributed by atoms with E-state index in [1.807, 2.05) is 6.07 Å². The second-order valence-corrected chi connectivity index (χ2v) is 4.68. The van der Waals surface area contributed by atoms with Crippen molar-refractivity contribution in [2.45, 2.75) is 44.6 Å². The molecule has 82 valence electrons. The third kappa shape index (κ3) is 2.51. The van der Waals surface area contributed by atoms with E-state index in [9.17, 15) is 5.11 Å². The van der Waals surface area contributed by atoms with E-state index in [-0.39, 0.29) is 5.54 Å². The summed E-state index contributed by atoms with van der Waals surface area (Å²) in [7, 11) is 0. The first-order chi connectivity index (χ1) is 7.13. The summed E-state index contributed by atoms with van der Waals surface area (Å²) in [6, 6.07) is 5.87. The molecule has 0 bridgehead atoms. The quantitative estimate of drug-likeness (QED) is 0.792. The molecule has 1 fully saturated rings. The molecule has 1 aromatic rings. The molecule has 0 aromatic heterocycles. The number of rotatable bonds is 4. The fourth-order valence-corrected chi connectivity index (χ4v) is 1.85. The van der Waals surface area contributed by atoms with Crippen molar-refractivity contribution >= 4 is 0 Å². The molecule has 1 aromatic carbocycles. The minimum atomic E-state index is 0.0780. The minimum Gasteiger partial charge on any atom is -0.508 e. The van der Waals surface area contributed by atoms with Crippen molar-refractivity contribution in [3.05, 3.63) is 29.3 Å². The van der Waals surface area contributed by atoms with Crippen LogP contribution in [-0.4, -0.2) is 10.6 Å². The minimum absolute atomic E-state index is 0.0780. The van der Waals surface area contributed by atoms with E-state index in [0.717, 1.165) is 37.7 Å². The Hall–Kier alpha value is -1.02. The molecule has 0 saturated heterocycles. The van der Waals surface area contributed by atoms with Gasteiger partial charge in [-0.1, -0.05) is 19.1 Å². The SMILES string of the molecule is CCc1ccc(O)c(CCC2(N)CC2)c1. The third-order valence-electron chi connectivity index (χ3n) is 3.34. The molecule has 0 spiro atoms. The van der Waals surface area contributed by atoms with Crippen molar-refractivity contribution in [1.82, 2.24) is 0 Å². The Bertz CT molecular complexity index is 356. The Morgan fingerprint density at radius 2 is 2.13 bits per heavy atom. The summed E-state index contributed by atoms with van der Waals surface area (Å²) in [6.07, 6.45) is 5.19. The van der Waals surface area contributed by atoms with E-state index in [1.54, 1.807) is 6.07 Å². The Morgan fingerprint density at radius 3 is 2.73 bits per heavy atom. The summed E-state index contributed by atoms with van der Waals surface area (Å²) in [4.78, 5) is 0. The average Bonchev–Trinajstić information content (AvgIpc) is 2.96. The number of hydrogen-bond acceptors (Lipinski definition) is 2. The molecule has 1 aliphatic carbocycles. The van der Waals surface area contributed by atoms with Crippen LogP contribution >= 0.6 is 0 Å². The van der Waals surface area contributed by atoms with E-state index in [2.05, 4.69) is 13.0 Å². The van der Waals surface area contributed by atoms with Crippen molar-refractivity contribution < 1.29 is 5.11 Å². The molecule has 1 aliphatic rings. The maximum Gasteiger partial charge on any atom is 0.118 e. The van der Waals surface area contributed by atoms with Gasteiger partial charge in [0.1, 0.15) is 5.75 Å². The molecule has 1 saturated carbocycles. The van der Waals surface area contributed by atoms with E-state index in [4.69, 9.17) is 5.73 Å². The molecule has 2 nitrogen and oxygen atoms in total. The highest BCUT2D eigenvalue weighted by atomic mass is 16.3. The molecule has 15 heavy (non-hydrogen) atoms. The van der Waals surface area contributed by atoms with E-state index < -0.39 is 0 Å². The molecule has 0 amide bonds. The van der Waals surface area contributed by atoms with Crippen LogP contribution in [0.5, 0.6) is 5.75 Å². The summed E-state index contributed by atoms with van der Waals surface area (Å²) in [6.45, 7) is 2.13. The first-order valence-electron chi connectivity index (χ1n) is 5.73. The number of hydrogen-bond donors (Lipinski definition) is 2. The van der Waals surface area contributed by atoms with Gasteiger partial charge in [-0.25, -0.2) is 0 Å². The van der Waals surface area contributed by atoms with Gasteiger partial charge < -0.3 is 10.8 Å². The van der Waals surface area contributed by atoms with Gasteiger partial charge in [0.25, 0.3) is 0 Å². The Morgan fingerprint density at radius 1 is 1.40 bits per heavy atom. The second kappa shape index (κ2) is 3.86. The molecule has 0 aliphatic heterocycles. The normalized spacial score (nSPS) is 17.7. The zero-order valence-corrected chi connectivity index (χ0v) is 9.29. The van der Waals surface area contributed by atoms with Crippen molar-refractivity contribution in [3.8, 4) is 5.75 Å². The van der Waals surface area contributed by atoms with Gasteiger partial charge in [0.15, 0.2) is 0 Å². The summed E-state index contributed by atoms with van der Waals surface area (Å²) in [5.41, 5.74) is 8.44. The maximum atomic E-state index is 9.71. The van der Waals surface area contributed by atoms with E-state index in [1.165, 1.54) is 5.56 Å². The third-order valence-corrected chi connectivity index (χ3v) is 3.34. The van der Waals surface area contributed by atoms with Crippen molar-refractivity contribution in [3.63, 3.8) is 0 Å². The highest BCUT2D eigenvalue weighted by Crippen LogP contribution is 2.37. The number of nitrogens with two attached hydrogens (primary N) is 1. The summed E-state index contributed by atoms with van der Waals surface area (Å²) >= 11 is 0. The molecule has 2 heteroatoms. The second-order valence-electron chi connectivity index (χ2n) is 4.68. The lowest BCUT2D eigenvalue weighted by Gasteiger charge is -2.10. The van der Waals surface area contributed by atoms with Gasteiger partial charge in [0.2, 0.25) is 0 Å². The van der Waals surface area contributed by atoms with Crippen LogP contribution in [0.15, 0.2) is 18.2 Å². The van der Waals surface area contributed by atoms with Gasteiger partial charge in [-0.05, 0) is 49.3 Å². The van der Waals surface area contributed by atoms with Crippen LogP contribution in [-0.2, 0) is 12.8 Å². The standard InChI is InChI=1S/C13H19NO/c1-2-10-3-4-12(15)11(9-10)5-6-13(14)7-8-13/h3-4,9,15H,2,5-8,14H2,1H3. The van der Waals surface area contributed by atoms with Crippen LogP contribution in [0.25, 0.3) is 0 Å². The molecule has 3 N–H and O–H groups in total. The topological polar surface area (TPSA) is 46.2 Å². The number of aryl methyl sites for hydroxylation is 2. The lowest BCUT2D eigenvalue weighted by Crippen LogP contribution is -2.22. The van der Waals surface area contributed by atoms with Crippen LogP contribution < -0.4 is 5.73 Å².